The summed E-state index contributed by atoms with van der Waals surface area (Å²) >= 11 is 5.98. The van der Waals surface area contributed by atoms with Crippen LogP contribution in [0.3, 0.4) is 0 Å². The first kappa shape index (κ1) is 14.3. The van der Waals surface area contributed by atoms with Crippen molar-refractivity contribution in [3.05, 3.63) is 5.28 Å². The zero-order chi connectivity index (χ0) is 13.7. The summed E-state index contributed by atoms with van der Waals surface area (Å²) in [5.74, 6) is 1.22. The van der Waals surface area contributed by atoms with Crippen molar-refractivity contribution < 1.29 is 5.11 Å². The Morgan fingerprint density at radius 3 is 2.63 bits per heavy atom. The second kappa shape index (κ2) is 6.86. The van der Waals surface area contributed by atoms with Crippen LogP contribution in [-0.2, 0) is 0 Å². The standard InChI is InChI=1S/C12H20ClN5O/c1-17(6-5-9-19)11-14-10(13)15-12(16-11)18-7-3-2-4-8-18/h19H,2-9H2,1H3. The van der Waals surface area contributed by atoms with Crippen LogP contribution >= 0.6 is 11.6 Å². The van der Waals surface area contributed by atoms with Gasteiger partial charge in [-0.1, -0.05) is 0 Å². The summed E-state index contributed by atoms with van der Waals surface area (Å²) in [4.78, 5) is 16.9. The molecule has 106 valence electrons. The van der Waals surface area contributed by atoms with E-state index in [1.165, 1.54) is 19.3 Å². The molecule has 0 aliphatic carbocycles. The first-order chi connectivity index (χ1) is 9.20. The quantitative estimate of drug-likeness (QED) is 0.881. The van der Waals surface area contributed by atoms with Crippen molar-refractivity contribution in [2.24, 2.45) is 0 Å². The van der Waals surface area contributed by atoms with E-state index in [1.807, 2.05) is 11.9 Å². The predicted molar refractivity (Wildman–Crippen MR) is 75.9 cm³/mol. The number of piperidine rings is 1. The lowest BCUT2D eigenvalue weighted by molar-refractivity contribution is 0.290. The van der Waals surface area contributed by atoms with E-state index >= 15 is 0 Å². The van der Waals surface area contributed by atoms with Gasteiger partial charge >= 0.3 is 0 Å². The summed E-state index contributed by atoms with van der Waals surface area (Å²) in [6.45, 7) is 2.79. The van der Waals surface area contributed by atoms with Gasteiger partial charge in [0.05, 0.1) is 0 Å². The molecule has 0 unspecified atom stereocenters. The van der Waals surface area contributed by atoms with Crippen LogP contribution < -0.4 is 9.80 Å². The van der Waals surface area contributed by atoms with Gasteiger partial charge in [-0.2, -0.15) is 15.0 Å². The number of anilines is 2. The smallest absolute Gasteiger partial charge is 0.231 e. The highest BCUT2D eigenvalue weighted by molar-refractivity contribution is 6.28. The average Bonchev–Trinajstić information content (AvgIpc) is 2.45. The van der Waals surface area contributed by atoms with Gasteiger partial charge in [-0.3, -0.25) is 0 Å². The molecule has 1 aliphatic heterocycles. The minimum atomic E-state index is 0.155. The van der Waals surface area contributed by atoms with Crippen molar-refractivity contribution in [1.29, 1.82) is 0 Å². The van der Waals surface area contributed by atoms with Gasteiger partial charge in [-0.15, -0.1) is 0 Å². The molecule has 6 nitrogen and oxygen atoms in total. The third kappa shape index (κ3) is 3.91. The van der Waals surface area contributed by atoms with Gasteiger partial charge in [0, 0.05) is 33.3 Å². The van der Waals surface area contributed by atoms with Crippen LogP contribution in [0, 0.1) is 0 Å². The maximum Gasteiger partial charge on any atom is 0.231 e. The summed E-state index contributed by atoms with van der Waals surface area (Å²) < 4.78 is 0. The molecule has 2 rings (SSSR count). The van der Waals surface area contributed by atoms with Crippen LogP contribution in [-0.4, -0.2) is 53.3 Å². The Kier molecular flexibility index (Phi) is 5.15. The van der Waals surface area contributed by atoms with Gasteiger partial charge in [0.1, 0.15) is 0 Å². The lowest BCUT2D eigenvalue weighted by Gasteiger charge is -2.27. The number of nitrogens with zero attached hydrogens (tertiary/aromatic N) is 5. The lowest BCUT2D eigenvalue weighted by atomic mass is 10.1. The molecular formula is C12H20ClN5O. The maximum atomic E-state index is 8.86. The van der Waals surface area contributed by atoms with Crippen molar-refractivity contribution in [3.63, 3.8) is 0 Å². The van der Waals surface area contributed by atoms with E-state index in [4.69, 9.17) is 16.7 Å². The first-order valence-corrected chi connectivity index (χ1v) is 7.07. The van der Waals surface area contributed by atoms with E-state index in [9.17, 15) is 0 Å². The third-order valence-electron chi connectivity index (χ3n) is 3.22. The second-order valence-corrected chi connectivity index (χ2v) is 5.09. The van der Waals surface area contributed by atoms with Gasteiger partial charge < -0.3 is 14.9 Å². The molecule has 0 atom stereocenters. The molecule has 1 aromatic heterocycles. The summed E-state index contributed by atoms with van der Waals surface area (Å²) in [7, 11) is 1.89. The molecule has 0 saturated carbocycles. The Balaban J connectivity index is 2.13. The molecule has 0 spiro atoms. The van der Waals surface area contributed by atoms with Crippen molar-refractivity contribution in [2.45, 2.75) is 25.7 Å². The van der Waals surface area contributed by atoms with E-state index in [2.05, 4.69) is 19.9 Å². The van der Waals surface area contributed by atoms with Gasteiger partial charge in [0.25, 0.3) is 0 Å². The molecule has 1 aromatic rings. The predicted octanol–water partition coefficient (Wildman–Crippen LogP) is 1.33. The fourth-order valence-corrected chi connectivity index (χ4v) is 2.29. The summed E-state index contributed by atoms with van der Waals surface area (Å²) in [5.41, 5.74) is 0. The molecule has 1 saturated heterocycles. The van der Waals surface area contributed by atoms with Gasteiger partial charge in [-0.25, -0.2) is 0 Å². The maximum absolute atomic E-state index is 8.86. The fourth-order valence-electron chi connectivity index (χ4n) is 2.14. The summed E-state index contributed by atoms with van der Waals surface area (Å²) in [6.07, 6.45) is 4.27. The van der Waals surface area contributed by atoms with Crippen molar-refractivity contribution >= 4 is 23.5 Å². The number of aliphatic hydroxyl groups excluding tert-OH is 1. The molecule has 0 radical (unpaired) electrons. The number of aromatic nitrogens is 3. The van der Waals surface area contributed by atoms with Gasteiger partial charge in [-0.05, 0) is 37.3 Å². The number of hydrogen-bond acceptors (Lipinski definition) is 6. The second-order valence-electron chi connectivity index (χ2n) is 4.75. The summed E-state index contributed by atoms with van der Waals surface area (Å²) in [6, 6.07) is 0. The number of rotatable bonds is 5. The van der Waals surface area contributed by atoms with Crippen LogP contribution in [0.4, 0.5) is 11.9 Å². The number of halogens is 1. The van der Waals surface area contributed by atoms with E-state index in [0.717, 1.165) is 13.1 Å². The Hall–Kier alpha value is -1.14. The summed E-state index contributed by atoms with van der Waals surface area (Å²) in [5, 5.41) is 9.08. The van der Waals surface area contributed by atoms with Crippen molar-refractivity contribution in [2.75, 3.05) is 43.1 Å². The van der Waals surface area contributed by atoms with Crippen LogP contribution in [0.2, 0.25) is 5.28 Å². The van der Waals surface area contributed by atoms with Crippen LogP contribution in [0.1, 0.15) is 25.7 Å². The largest absolute Gasteiger partial charge is 0.396 e. The van der Waals surface area contributed by atoms with Gasteiger partial charge in [0.2, 0.25) is 17.2 Å². The minimum absolute atomic E-state index is 0.155. The third-order valence-corrected chi connectivity index (χ3v) is 3.39. The monoisotopic (exact) mass is 285 g/mol. The topological polar surface area (TPSA) is 65.4 Å². The minimum Gasteiger partial charge on any atom is -0.396 e. The highest BCUT2D eigenvalue weighted by Gasteiger charge is 2.16. The zero-order valence-corrected chi connectivity index (χ0v) is 12.0. The molecule has 1 fully saturated rings. The number of aliphatic hydroxyl groups is 1. The molecule has 7 heteroatoms. The molecule has 19 heavy (non-hydrogen) atoms. The van der Waals surface area contributed by atoms with E-state index in [-0.39, 0.29) is 11.9 Å². The number of hydrogen-bond donors (Lipinski definition) is 1. The normalized spacial score (nSPS) is 15.6. The van der Waals surface area contributed by atoms with Gasteiger partial charge in [0.15, 0.2) is 0 Å². The lowest BCUT2D eigenvalue weighted by Crippen LogP contribution is -2.32. The molecule has 0 bridgehead atoms. The zero-order valence-electron chi connectivity index (χ0n) is 11.2. The first-order valence-electron chi connectivity index (χ1n) is 6.69. The highest BCUT2D eigenvalue weighted by atomic mass is 35.5. The van der Waals surface area contributed by atoms with E-state index in [0.29, 0.717) is 24.9 Å². The highest BCUT2D eigenvalue weighted by Crippen LogP contribution is 2.19. The molecule has 2 heterocycles. The van der Waals surface area contributed by atoms with E-state index < -0.39 is 0 Å². The van der Waals surface area contributed by atoms with Crippen LogP contribution in [0.5, 0.6) is 0 Å². The Morgan fingerprint density at radius 2 is 1.95 bits per heavy atom. The SMILES string of the molecule is CN(CCCO)c1nc(Cl)nc(N2CCCCC2)n1. The Labute approximate surface area is 118 Å². The van der Waals surface area contributed by atoms with Crippen LogP contribution in [0.25, 0.3) is 0 Å². The van der Waals surface area contributed by atoms with Crippen LogP contribution in [0.15, 0.2) is 0 Å². The average molecular weight is 286 g/mol. The van der Waals surface area contributed by atoms with Crippen molar-refractivity contribution in [3.8, 4) is 0 Å². The molecule has 1 aliphatic rings. The Morgan fingerprint density at radius 1 is 1.21 bits per heavy atom. The fraction of sp³-hybridized carbons (Fsp3) is 0.750. The van der Waals surface area contributed by atoms with Crippen molar-refractivity contribution in [1.82, 2.24) is 15.0 Å². The molecule has 1 N–H and O–H groups in total. The molecular weight excluding hydrogens is 266 g/mol. The Bertz CT molecular complexity index is 411. The molecule has 0 aromatic carbocycles. The van der Waals surface area contributed by atoms with E-state index in [1.54, 1.807) is 0 Å². The molecule has 0 amide bonds.